The molecule has 2 rings (SSSR count). The van der Waals surface area contributed by atoms with E-state index >= 15 is 0 Å². The van der Waals surface area contributed by atoms with Crippen LogP contribution >= 0.6 is 22.6 Å². The summed E-state index contributed by atoms with van der Waals surface area (Å²) in [6.07, 6.45) is 2.38. The summed E-state index contributed by atoms with van der Waals surface area (Å²) >= 11 is 2.34. The zero-order valence-corrected chi connectivity index (χ0v) is 10.9. The Balaban J connectivity index is 1.81. The molecule has 0 aromatic heterocycles. The minimum absolute atomic E-state index is 0.775. The lowest BCUT2D eigenvalue weighted by molar-refractivity contribution is 0.0699. The molecule has 1 fully saturated rings. The van der Waals surface area contributed by atoms with Crippen LogP contribution in [0.15, 0.2) is 24.3 Å². The minimum Gasteiger partial charge on any atom is -0.385 e. The summed E-state index contributed by atoms with van der Waals surface area (Å²) in [5.41, 5.74) is 1.23. The molecule has 0 saturated carbocycles. The van der Waals surface area contributed by atoms with Crippen LogP contribution in [-0.4, -0.2) is 19.8 Å². The minimum atomic E-state index is 0.775. The van der Waals surface area contributed by atoms with Gasteiger partial charge in [-0.05, 0) is 59.5 Å². The number of hydrogen-bond donors (Lipinski definition) is 1. The number of rotatable bonds is 3. The van der Waals surface area contributed by atoms with Crippen LogP contribution in [0.5, 0.6) is 0 Å². The van der Waals surface area contributed by atoms with Gasteiger partial charge in [0.2, 0.25) is 0 Å². The molecule has 0 amide bonds. The van der Waals surface area contributed by atoms with E-state index < -0.39 is 0 Å². The smallest absolute Gasteiger partial charge is 0.0469 e. The van der Waals surface area contributed by atoms with Gasteiger partial charge in [0.1, 0.15) is 0 Å². The molecule has 0 bridgehead atoms. The van der Waals surface area contributed by atoms with E-state index in [1.165, 1.54) is 22.1 Å². The van der Waals surface area contributed by atoms with Crippen LogP contribution in [0, 0.1) is 9.49 Å². The molecule has 0 aliphatic carbocycles. The Kier molecular flexibility index (Phi) is 4.26. The molecule has 3 heteroatoms. The Morgan fingerprint density at radius 3 is 2.87 bits per heavy atom. The van der Waals surface area contributed by atoms with E-state index in [1.54, 1.807) is 0 Å². The van der Waals surface area contributed by atoms with Crippen molar-refractivity contribution < 1.29 is 4.74 Å². The third-order valence-electron chi connectivity index (χ3n) is 2.76. The van der Waals surface area contributed by atoms with Crippen molar-refractivity contribution in [2.24, 2.45) is 5.92 Å². The lowest BCUT2D eigenvalue weighted by Gasteiger charge is -2.22. The van der Waals surface area contributed by atoms with E-state index in [0.717, 1.165) is 25.7 Å². The van der Waals surface area contributed by atoms with Crippen LogP contribution in [0.3, 0.4) is 0 Å². The highest BCUT2D eigenvalue weighted by Crippen LogP contribution is 2.17. The Labute approximate surface area is 105 Å². The van der Waals surface area contributed by atoms with Gasteiger partial charge in [-0.3, -0.25) is 0 Å². The lowest BCUT2D eigenvalue weighted by atomic mass is 10.0. The van der Waals surface area contributed by atoms with Gasteiger partial charge in [0.15, 0.2) is 0 Å². The molecule has 1 aliphatic rings. The van der Waals surface area contributed by atoms with E-state index in [9.17, 15) is 0 Å². The maximum atomic E-state index is 5.34. The van der Waals surface area contributed by atoms with Gasteiger partial charge < -0.3 is 10.1 Å². The Morgan fingerprint density at radius 1 is 1.33 bits per heavy atom. The van der Waals surface area contributed by atoms with E-state index in [1.807, 2.05) is 0 Å². The van der Waals surface area contributed by atoms with Crippen molar-refractivity contribution in [2.75, 3.05) is 25.1 Å². The van der Waals surface area contributed by atoms with Crippen LogP contribution < -0.4 is 5.32 Å². The highest BCUT2D eigenvalue weighted by atomic mass is 127. The average Bonchev–Trinajstić information content (AvgIpc) is 2.28. The van der Waals surface area contributed by atoms with Crippen LogP contribution in [0.25, 0.3) is 0 Å². The first-order chi connectivity index (χ1) is 7.34. The van der Waals surface area contributed by atoms with Crippen molar-refractivity contribution in [3.8, 4) is 0 Å². The van der Waals surface area contributed by atoms with Gasteiger partial charge in [0.25, 0.3) is 0 Å². The first-order valence-electron chi connectivity index (χ1n) is 5.42. The number of ether oxygens (including phenoxy) is 1. The molecule has 0 spiro atoms. The summed E-state index contributed by atoms with van der Waals surface area (Å²) in [6, 6.07) is 8.51. The van der Waals surface area contributed by atoms with E-state index in [-0.39, 0.29) is 0 Å². The molecule has 0 unspecified atom stereocenters. The normalized spacial score (nSPS) is 17.7. The topological polar surface area (TPSA) is 21.3 Å². The number of benzene rings is 1. The summed E-state index contributed by atoms with van der Waals surface area (Å²) < 4.78 is 6.62. The van der Waals surface area contributed by atoms with E-state index in [4.69, 9.17) is 4.74 Å². The number of nitrogens with one attached hydrogen (secondary N) is 1. The zero-order valence-electron chi connectivity index (χ0n) is 8.71. The molecule has 15 heavy (non-hydrogen) atoms. The summed E-state index contributed by atoms with van der Waals surface area (Å²) in [6.45, 7) is 2.93. The van der Waals surface area contributed by atoms with Gasteiger partial charge in [-0.1, -0.05) is 6.07 Å². The number of hydrogen-bond acceptors (Lipinski definition) is 2. The molecule has 1 aromatic carbocycles. The van der Waals surface area contributed by atoms with E-state index in [0.29, 0.717) is 0 Å². The SMILES string of the molecule is Ic1cccc(NCC2CCOCC2)c1. The van der Waals surface area contributed by atoms with Gasteiger partial charge >= 0.3 is 0 Å². The summed E-state index contributed by atoms with van der Waals surface area (Å²) in [5, 5.41) is 3.49. The molecule has 0 radical (unpaired) electrons. The molecule has 1 heterocycles. The Bertz CT molecular complexity index is 310. The van der Waals surface area contributed by atoms with Crippen LogP contribution in [0.1, 0.15) is 12.8 Å². The molecule has 1 aliphatic heterocycles. The summed E-state index contributed by atoms with van der Waals surface area (Å²) in [5.74, 6) is 0.775. The fourth-order valence-corrected chi connectivity index (χ4v) is 2.35. The fraction of sp³-hybridized carbons (Fsp3) is 0.500. The number of halogens is 1. The van der Waals surface area contributed by atoms with Crippen LogP contribution in [0.2, 0.25) is 0 Å². The molecular formula is C12H16INO. The first kappa shape index (κ1) is 11.2. The second-order valence-corrected chi connectivity index (χ2v) is 5.19. The van der Waals surface area contributed by atoms with E-state index in [2.05, 4.69) is 52.2 Å². The standard InChI is InChI=1S/C12H16INO/c13-11-2-1-3-12(8-11)14-9-10-4-6-15-7-5-10/h1-3,8,10,14H,4-7,9H2. The second kappa shape index (κ2) is 5.70. The van der Waals surface area contributed by atoms with Crippen molar-refractivity contribution in [2.45, 2.75) is 12.8 Å². The third kappa shape index (κ3) is 3.65. The zero-order chi connectivity index (χ0) is 10.5. The van der Waals surface area contributed by atoms with Gasteiger partial charge in [-0.2, -0.15) is 0 Å². The molecule has 0 atom stereocenters. The summed E-state index contributed by atoms with van der Waals surface area (Å²) in [4.78, 5) is 0. The van der Waals surface area contributed by atoms with Crippen molar-refractivity contribution in [3.05, 3.63) is 27.8 Å². The van der Waals surface area contributed by atoms with Crippen LogP contribution in [0.4, 0.5) is 5.69 Å². The second-order valence-electron chi connectivity index (χ2n) is 3.95. The highest BCUT2D eigenvalue weighted by Gasteiger charge is 2.12. The third-order valence-corrected chi connectivity index (χ3v) is 3.43. The first-order valence-corrected chi connectivity index (χ1v) is 6.49. The fourth-order valence-electron chi connectivity index (χ4n) is 1.81. The maximum absolute atomic E-state index is 5.34. The van der Waals surface area contributed by atoms with Crippen molar-refractivity contribution in [1.82, 2.24) is 0 Å². The van der Waals surface area contributed by atoms with Gasteiger partial charge in [-0.15, -0.1) is 0 Å². The average molecular weight is 317 g/mol. The number of anilines is 1. The largest absolute Gasteiger partial charge is 0.385 e. The molecule has 1 aromatic rings. The predicted octanol–water partition coefficient (Wildman–Crippen LogP) is 3.13. The maximum Gasteiger partial charge on any atom is 0.0469 e. The van der Waals surface area contributed by atoms with Gasteiger partial charge in [0.05, 0.1) is 0 Å². The molecule has 1 saturated heterocycles. The molecular weight excluding hydrogens is 301 g/mol. The molecule has 82 valence electrons. The van der Waals surface area contributed by atoms with Gasteiger partial charge in [-0.25, -0.2) is 0 Å². The highest BCUT2D eigenvalue weighted by molar-refractivity contribution is 14.1. The predicted molar refractivity (Wildman–Crippen MR) is 71.2 cm³/mol. The van der Waals surface area contributed by atoms with Crippen molar-refractivity contribution >= 4 is 28.3 Å². The van der Waals surface area contributed by atoms with Crippen molar-refractivity contribution in [1.29, 1.82) is 0 Å². The van der Waals surface area contributed by atoms with Crippen LogP contribution in [-0.2, 0) is 4.74 Å². The summed E-state index contributed by atoms with van der Waals surface area (Å²) in [7, 11) is 0. The quantitative estimate of drug-likeness (QED) is 0.865. The monoisotopic (exact) mass is 317 g/mol. The molecule has 2 nitrogen and oxygen atoms in total. The molecule has 1 N–H and O–H groups in total. The Hall–Kier alpha value is -0.290. The van der Waals surface area contributed by atoms with Gasteiger partial charge in [0, 0.05) is 29.0 Å². The Morgan fingerprint density at radius 2 is 2.13 bits per heavy atom. The lowest BCUT2D eigenvalue weighted by Crippen LogP contribution is -2.22. The van der Waals surface area contributed by atoms with Crippen molar-refractivity contribution in [3.63, 3.8) is 0 Å².